The van der Waals surface area contributed by atoms with Crippen molar-refractivity contribution in [2.24, 2.45) is 10.8 Å². The molecule has 0 bridgehead atoms. The third kappa shape index (κ3) is 4.68. The van der Waals surface area contributed by atoms with E-state index >= 15 is 0 Å². The molecule has 1 aromatic heterocycles. The van der Waals surface area contributed by atoms with E-state index in [9.17, 15) is 14.0 Å². The number of rotatable bonds is 9. The first kappa shape index (κ1) is 21.5. The molecule has 30 heavy (non-hydrogen) atoms. The van der Waals surface area contributed by atoms with Crippen LogP contribution in [0.5, 0.6) is 0 Å². The predicted molar refractivity (Wildman–Crippen MR) is 111 cm³/mol. The maximum absolute atomic E-state index is 13.2. The summed E-state index contributed by atoms with van der Waals surface area (Å²) >= 11 is 0. The summed E-state index contributed by atoms with van der Waals surface area (Å²) in [4.78, 5) is 26.9. The minimum Gasteiger partial charge on any atom is -0.468 e. The van der Waals surface area contributed by atoms with Gasteiger partial charge in [-0.05, 0) is 49.5 Å². The summed E-state index contributed by atoms with van der Waals surface area (Å²) < 4.78 is 18.8. The van der Waals surface area contributed by atoms with Gasteiger partial charge in [0.25, 0.3) is 5.91 Å². The van der Waals surface area contributed by atoms with E-state index in [1.54, 1.807) is 6.26 Å². The molecule has 0 saturated carbocycles. The molecule has 0 aliphatic carbocycles. The number of nitrogens with zero attached hydrogens (tertiary/aromatic N) is 3. The van der Waals surface area contributed by atoms with Crippen LogP contribution in [-0.2, 0) is 9.59 Å². The van der Waals surface area contributed by atoms with Gasteiger partial charge < -0.3 is 15.5 Å². The molecule has 2 aromatic rings. The number of nitrogens with one attached hydrogen (secondary N) is 1. The highest BCUT2D eigenvalue weighted by molar-refractivity contribution is 6.40. The molecule has 0 fully saturated rings. The number of furan rings is 1. The number of carbonyl (C=O) groups is 2. The quantitative estimate of drug-likeness (QED) is 0.652. The van der Waals surface area contributed by atoms with Crippen molar-refractivity contribution < 1.29 is 18.4 Å². The van der Waals surface area contributed by atoms with E-state index in [4.69, 9.17) is 10.2 Å². The highest BCUT2D eigenvalue weighted by Crippen LogP contribution is 2.25. The fraction of sp³-hybridized carbons (Fsp3) is 0.381. The maximum atomic E-state index is 13.2. The van der Waals surface area contributed by atoms with E-state index in [2.05, 4.69) is 15.3 Å². The van der Waals surface area contributed by atoms with Crippen molar-refractivity contribution in [2.45, 2.75) is 32.4 Å². The Kier molecular flexibility index (Phi) is 6.83. The van der Waals surface area contributed by atoms with Crippen LogP contribution in [0.2, 0.25) is 0 Å². The van der Waals surface area contributed by atoms with Crippen LogP contribution in [0.4, 0.5) is 10.1 Å². The number of carbonyl (C=O) groups excluding carboxylic acids is 2. The number of hydrogen-bond donors (Lipinski definition) is 2. The van der Waals surface area contributed by atoms with Crippen LogP contribution in [0, 0.1) is 5.82 Å². The van der Waals surface area contributed by atoms with Gasteiger partial charge in [-0.15, -0.1) is 0 Å². The van der Waals surface area contributed by atoms with Gasteiger partial charge >= 0.3 is 0 Å². The Balaban J connectivity index is 1.74. The van der Waals surface area contributed by atoms with Crippen molar-refractivity contribution in [3.05, 3.63) is 54.2 Å². The van der Waals surface area contributed by atoms with Crippen molar-refractivity contribution in [2.75, 3.05) is 24.6 Å². The topological polar surface area (TPSA) is 104 Å². The second-order valence-electron chi connectivity index (χ2n) is 6.95. The average Bonchev–Trinajstić information content (AvgIpc) is 3.41. The lowest BCUT2D eigenvalue weighted by atomic mass is 10.1. The number of hydrazone groups is 1. The minimum atomic E-state index is -0.806. The molecule has 0 saturated heterocycles. The van der Waals surface area contributed by atoms with E-state index < -0.39 is 17.8 Å². The second-order valence-corrected chi connectivity index (χ2v) is 6.95. The maximum Gasteiger partial charge on any atom is 0.267 e. The van der Waals surface area contributed by atoms with Gasteiger partial charge in [0, 0.05) is 13.0 Å². The van der Waals surface area contributed by atoms with Crippen molar-refractivity contribution in [1.29, 1.82) is 0 Å². The molecule has 160 valence electrons. The Hall–Kier alpha value is -3.20. The van der Waals surface area contributed by atoms with E-state index in [1.807, 2.05) is 26.0 Å². The molecular formula is C21H26FN5O3. The number of halogens is 1. The van der Waals surface area contributed by atoms with Crippen molar-refractivity contribution >= 4 is 23.2 Å². The van der Waals surface area contributed by atoms with Crippen LogP contribution in [0.3, 0.4) is 0 Å². The number of amides is 2. The summed E-state index contributed by atoms with van der Waals surface area (Å²) in [5, 5.41) is 8.55. The molecule has 9 heteroatoms. The molecule has 2 unspecified atom stereocenters. The van der Waals surface area contributed by atoms with Crippen LogP contribution >= 0.6 is 0 Å². The van der Waals surface area contributed by atoms with Gasteiger partial charge in [-0.1, -0.05) is 13.8 Å². The summed E-state index contributed by atoms with van der Waals surface area (Å²) in [7, 11) is 0. The lowest BCUT2D eigenvalue weighted by Crippen LogP contribution is -2.41. The van der Waals surface area contributed by atoms with Gasteiger partial charge in [0.2, 0.25) is 5.91 Å². The Morgan fingerprint density at radius 3 is 2.57 bits per heavy atom. The summed E-state index contributed by atoms with van der Waals surface area (Å²) in [6.07, 6.45) is 1.68. The molecule has 1 aromatic carbocycles. The molecular weight excluding hydrogens is 389 g/mol. The number of primary amides is 1. The van der Waals surface area contributed by atoms with Crippen molar-refractivity contribution in [3.63, 3.8) is 0 Å². The number of benzene rings is 1. The minimum absolute atomic E-state index is 0.0786. The SMILES string of the molecule is CCN(CC)C(CNC(=O)C1=NN(c2ccc(F)cc2)C(C(N)=O)C1)c1ccco1. The molecule has 0 spiro atoms. The van der Waals surface area contributed by atoms with Crippen LogP contribution in [0.15, 0.2) is 52.2 Å². The Morgan fingerprint density at radius 1 is 1.30 bits per heavy atom. The first-order chi connectivity index (χ1) is 14.4. The highest BCUT2D eigenvalue weighted by Gasteiger charge is 2.35. The van der Waals surface area contributed by atoms with Crippen LogP contribution in [0.25, 0.3) is 0 Å². The third-order valence-corrected chi connectivity index (χ3v) is 5.17. The largest absolute Gasteiger partial charge is 0.468 e. The van der Waals surface area contributed by atoms with Gasteiger partial charge in [-0.2, -0.15) is 5.10 Å². The number of anilines is 1. The molecule has 2 atom stereocenters. The highest BCUT2D eigenvalue weighted by atomic mass is 19.1. The summed E-state index contributed by atoms with van der Waals surface area (Å²) in [6, 6.07) is 8.26. The monoisotopic (exact) mass is 415 g/mol. The molecule has 2 heterocycles. The lowest BCUT2D eigenvalue weighted by molar-refractivity contribution is -0.119. The van der Waals surface area contributed by atoms with E-state index in [1.165, 1.54) is 29.3 Å². The van der Waals surface area contributed by atoms with Gasteiger partial charge in [0.1, 0.15) is 23.3 Å². The Labute approximate surface area is 174 Å². The first-order valence-corrected chi connectivity index (χ1v) is 9.91. The van der Waals surface area contributed by atoms with Crippen molar-refractivity contribution in [3.8, 4) is 0 Å². The number of likely N-dealkylation sites (N-methyl/N-ethyl adjacent to an activating group) is 1. The summed E-state index contributed by atoms with van der Waals surface area (Å²) in [6.45, 7) is 5.99. The van der Waals surface area contributed by atoms with Crippen LogP contribution < -0.4 is 16.1 Å². The molecule has 1 aliphatic heterocycles. The number of nitrogens with two attached hydrogens (primary N) is 1. The lowest BCUT2D eigenvalue weighted by Gasteiger charge is -2.28. The van der Waals surface area contributed by atoms with Crippen molar-refractivity contribution in [1.82, 2.24) is 10.2 Å². The molecule has 3 N–H and O–H groups in total. The number of hydrogen-bond acceptors (Lipinski definition) is 6. The third-order valence-electron chi connectivity index (χ3n) is 5.17. The zero-order valence-electron chi connectivity index (χ0n) is 17.0. The molecule has 0 radical (unpaired) electrons. The first-order valence-electron chi connectivity index (χ1n) is 9.91. The van der Waals surface area contributed by atoms with Gasteiger partial charge in [-0.25, -0.2) is 4.39 Å². The predicted octanol–water partition coefficient (Wildman–Crippen LogP) is 2.04. The van der Waals surface area contributed by atoms with E-state index in [-0.39, 0.29) is 24.1 Å². The Bertz CT molecular complexity index is 894. The molecule has 3 rings (SSSR count). The summed E-state index contributed by atoms with van der Waals surface area (Å²) in [5.74, 6) is -0.636. The zero-order valence-corrected chi connectivity index (χ0v) is 17.0. The standard InChI is InChI=1S/C21H26FN5O3/c1-3-26(4-2)18(19-6-5-11-30-19)13-24-21(29)16-12-17(20(23)28)27(25-16)15-9-7-14(22)8-10-15/h5-11,17-18H,3-4,12-13H2,1-2H3,(H2,23,28)(H,24,29). The molecule has 1 aliphatic rings. The fourth-order valence-corrected chi connectivity index (χ4v) is 3.55. The molecule has 8 nitrogen and oxygen atoms in total. The van der Waals surface area contributed by atoms with Gasteiger partial charge in [-0.3, -0.25) is 19.5 Å². The fourth-order valence-electron chi connectivity index (χ4n) is 3.55. The second kappa shape index (κ2) is 9.53. The van der Waals surface area contributed by atoms with Crippen LogP contribution in [-0.4, -0.2) is 48.1 Å². The zero-order chi connectivity index (χ0) is 21.7. The van der Waals surface area contributed by atoms with E-state index in [0.717, 1.165) is 18.8 Å². The Morgan fingerprint density at radius 2 is 2.00 bits per heavy atom. The van der Waals surface area contributed by atoms with Gasteiger partial charge in [0.15, 0.2) is 0 Å². The van der Waals surface area contributed by atoms with Crippen LogP contribution in [0.1, 0.15) is 32.1 Å². The normalized spacial score (nSPS) is 17.1. The van der Waals surface area contributed by atoms with E-state index in [0.29, 0.717) is 12.2 Å². The summed E-state index contributed by atoms with van der Waals surface area (Å²) in [5.41, 5.74) is 6.18. The van der Waals surface area contributed by atoms with Gasteiger partial charge in [0.05, 0.1) is 18.0 Å². The molecule has 2 amide bonds. The average molecular weight is 415 g/mol. The smallest absolute Gasteiger partial charge is 0.267 e.